The molecule has 3 N–H and O–H groups in total. The van der Waals surface area contributed by atoms with Crippen LogP contribution in [-0.4, -0.2) is 29.0 Å². The molecule has 2 atom stereocenters. The Morgan fingerprint density at radius 1 is 1.64 bits per heavy atom. The number of hydrogen-bond donors (Lipinski definition) is 3. The molecule has 0 radical (unpaired) electrons. The first-order valence-electron chi connectivity index (χ1n) is 4.64. The standard InChI is InChI=1S/C10H17NO3/c1-8(9-3-4-14-5-9)11-6-10(2,13)7-12/h3-5,8,11-13H,6-7H2,1-2H3. The minimum absolute atomic E-state index is 0.103. The van der Waals surface area contributed by atoms with Crippen LogP contribution in [0.3, 0.4) is 0 Å². The van der Waals surface area contributed by atoms with Crippen molar-refractivity contribution in [1.29, 1.82) is 0 Å². The van der Waals surface area contributed by atoms with E-state index in [2.05, 4.69) is 5.32 Å². The summed E-state index contributed by atoms with van der Waals surface area (Å²) in [5.41, 5.74) is -0.0448. The Morgan fingerprint density at radius 3 is 2.86 bits per heavy atom. The van der Waals surface area contributed by atoms with Crippen molar-refractivity contribution in [3.8, 4) is 0 Å². The summed E-state index contributed by atoms with van der Waals surface area (Å²) in [5.74, 6) is 0. The largest absolute Gasteiger partial charge is 0.472 e. The van der Waals surface area contributed by atoms with Gasteiger partial charge >= 0.3 is 0 Å². The molecule has 0 saturated carbocycles. The number of aliphatic hydroxyl groups is 2. The van der Waals surface area contributed by atoms with Gasteiger partial charge in [0.05, 0.1) is 24.7 Å². The molecule has 0 aromatic carbocycles. The molecule has 0 amide bonds. The van der Waals surface area contributed by atoms with E-state index in [4.69, 9.17) is 9.52 Å². The molecule has 80 valence electrons. The first-order chi connectivity index (χ1) is 6.55. The third-order valence-corrected chi connectivity index (χ3v) is 2.17. The fourth-order valence-electron chi connectivity index (χ4n) is 1.07. The second-order valence-corrected chi connectivity index (χ2v) is 3.81. The first-order valence-corrected chi connectivity index (χ1v) is 4.64. The Morgan fingerprint density at radius 2 is 2.36 bits per heavy atom. The topological polar surface area (TPSA) is 65.6 Å². The lowest BCUT2D eigenvalue weighted by Gasteiger charge is -2.23. The summed E-state index contributed by atoms with van der Waals surface area (Å²) in [7, 11) is 0. The summed E-state index contributed by atoms with van der Waals surface area (Å²) in [5, 5.41) is 21.5. The zero-order valence-corrected chi connectivity index (χ0v) is 8.53. The van der Waals surface area contributed by atoms with Gasteiger partial charge in [0.15, 0.2) is 0 Å². The Labute approximate surface area is 83.6 Å². The Bertz CT molecular complexity index is 256. The maximum absolute atomic E-state index is 9.53. The predicted octanol–water partition coefficient (Wildman–Crippen LogP) is 0.673. The quantitative estimate of drug-likeness (QED) is 0.652. The normalized spacial score (nSPS) is 17.7. The zero-order valence-electron chi connectivity index (χ0n) is 8.53. The molecule has 0 saturated heterocycles. The zero-order chi connectivity index (χ0) is 10.6. The molecule has 0 aliphatic rings. The highest BCUT2D eigenvalue weighted by molar-refractivity contribution is 5.10. The minimum Gasteiger partial charge on any atom is -0.472 e. The fraction of sp³-hybridized carbons (Fsp3) is 0.600. The lowest BCUT2D eigenvalue weighted by Crippen LogP contribution is -2.41. The third-order valence-electron chi connectivity index (χ3n) is 2.17. The second kappa shape index (κ2) is 4.59. The van der Waals surface area contributed by atoms with Crippen LogP contribution in [0.5, 0.6) is 0 Å². The van der Waals surface area contributed by atoms with Crippen molar-refractivity contribution in [2.45, 2.75) is 25.5 Å². The van der Waals surface area contributed by atoms with Gasteiger partial charge in [0.1, 0.15) is 0 Å². The van der Waals surface area contributed by atoms with Crippen LogP contribution < -0.4 is 5.32 Å². The van der Waals surface area contributed by atoms with Gasteiger partial charge in [-0.15, -0.1) is 0 Å². The van der Waals surface area contributed by atoms with Crippen LogP contribution in [0.15, 0.2) is 23.0 Å². The smallest absolute Gasteiger partial charge is 0.0973 e. The van der Waals surface area contributed by atoms with Gasteiger partial charge in [-0.05, 0) is 19.9 Å². The fourth-order valence-corrected chi connectivity index (χ4v) is 1.07. The van der Waals surface area contributed by atoms with Gasteiger partial charge in [-0.2, -0.15) is 0 Å². The summed E-state index contributed by atoms with van der Waals surface area (Å²) < 4.78 is 4.94. The predicted molar refractivity (Wildman–Crippen MR) is 52.8 cm³/mol. The van der Waals surface area contributed by atoms with Gasteiger partial charge in [-0.1, -0.05) is 0 Å². The van der Waals surface area contributed by atoms with E-state index >= 15 is 0 Å². The molecule has 1 aromatic rings. The maximum Gasteiger partial charge on any atom is 0.0973 e. The molecule has 0 bridgehead atoms. The van der Waals surface area contributed by atoms with Crippen molar-refractivity contribution in [3.63, 3.8) is 0 Å². The molecule has 4 heteroatoms. The summed E-state index contributed by atoms with van der Waals surface area (Å²) in [6, 6.07) is 1.97. The number of aliphatic hydroxyl groups excluding tert-OH is 1. The Hall–Kier alpha value is -0.840. The highest BCUT2D eigenvalue weighted by Crippen LogP contribution is 2.13. The number of furan rings is 1. The molecule has 1 aromatic heterocycles. The van der Waals surface area contributed by atoms with Crippen molar-refractivity contribution in [3.05, 3.63) is 24.2 Å². The van der Waals surface area contributed by atoms with Gasteiger partial charge < -0.3 is 19.9 Å². The van der Waals surface area contributed by atoms with Gasteiger partial charge in [-0.3, -0.25) is 0 Å². The molecule has 2 unspecified atom stereocenters. The van der Waals surface area contributed by atoms with E-state index < -0.39 is 5.60 Å². The van der Waals surface area contributed by atoms with Gasteiger partial charge in [0.25, 0.3) is 0 Å². The van der Waals surface area contributed by atoms with E-state index in [0.717, 1.165) is 5.56 Å². The Kier molecular flexibility index (Phi) is 3.69. The van der Waals surface area contributed by atoms with Crippen molar-refractivity contribution in [2.75, 3.05) is 13.2 Å². The van der Waals surface area contributed by atoms with Crippen molar-refractivity contribution < 1.29 is 14.6 Å². The van der Waals surface area contributed by atoms with E-state index in [1.54, 1.807) is 19.5 Å². The number of hydrogen-bond acceptors (Lipinski definition) is 4. The second-order valence-electron chi connectivity index (χ2n) is 3.81. The lowest BCUT2D eigenvalue weighted by molar-refractivity contribution is 0.00105. The summed E-state index contributed by atoms with van der Waals surface area (Å²) >= 11 is 0. The van der Waals surface area contributed by atoms with Crippen LogP contribution in [0.2, 0.25) is 0 Å². The number of rotatable bonds is 5. The van der Waals surface area contributed by atoms with Crippen LogP contribution in [-0.2, 0) is 0 Å². The van der Waals surface area contributed by atoms with Crippen molar-refractivity contribution >= 4 is 0 Å². The van der Waals surface area contributed by atoms with Crippen molar-refractivity contribution in [2.24, 2.45) is 0 Å². The van der Waals surface area contributed by atoms with Gasteiger partial charge in [0, 0.05) is 18.2 Å². The first kappa shape index (κ1) is 11.2. The molecule has 0 aliphatic heterocycles. The van der Waals surface area contributed by atoms with Crippen LogP contribution >= 0.6 is 0 Å². The third kappa shape index (κ3) is 3.14. The van der Waals surface area contributed by atoms with E-state index in [-0.39, 0.29) is 12.6 Å². The molecule has 1 heterocycles. The molecular weight excluding hydrogens is 182 g/mol. The summed E-state index contributed by atoms with van der Waals surface area (Å²) in [4.78, 5) is 0. The Balaban J connectivity index is 2.39. The SMILES string of the molecule is CC(NCC(C)(O)CO)c1ccoc1. The lowest BCUT2D eigenvalue weighted by atomic mass is 10.1. The highest BCUT2D eigenvalue weighted by Gasteiger charge is 2.19. The monoisotopic (exact) mass is 199 g/mol. The summed E-state index contributed by atoms with van der Waals surface area (Å²) in [6.45, 7) is 3.65. The van der Waals surface area contributed by atoms with E-state index in [9.17, 15) is 5.11 Å². The van der Waals surface area contributed by atoms with E-state index in [1.165, 1.54) is 0 Å². The van der Waals surface area contributed by atoms with Crippen LogP contribution in [0.25, 0.3) is 0 Å². The van der Waals surface area contributed by atoms with Crippen LogP contribution in [0.1, 0.15) is 25.5 Å². The van der Waals surface area contributed by atoms with E-state index in [0.29, 0.717) is 6.54 Å². The number of nitrogens with one attached hydrogen (secondary N) is 1. The van der Waals surface area contributed by atoms with Crippen LogP contribution in [0, 0.1) is 0 Å². The molecule has 14 heavy (non-hydrogen) atoms. The average Bonchev–Trinajstić information content (AvgIpc) is 2.67. The average molecular weight is 199 g/mol. The van der Waals surface area contributed by atoms with Gasteiger partial charge in [-0.25, -0.2) is 0 Å². The maximum atomic E-state index is 9.53. The minimum atomic E-state index is -1.07. The van der Waals surface area contributed by atoms with Crippen LogP contribution in [0.4, 0.5) is 0 Å². The van der Waals surface area contributed by atoms with E-state index in [1.807, 2.05) is 13.0 Å². The molecule has 1 rings (SSSR count). The molecular formula is C10H17NO3. The van der Waals surface area contributed by atoms with Gasteiger partial charge in [0.2, 0.25) is 0 Å². The van der Waals surface area contributed by atoms with Crippen molar-refractivity contribution in [1.82, 2.24) is 5.32 Å². The summed E-state index contributed by atoms with van der Waals surface area (Å²) in [6.07, 6.45) is 3.27. The molecule has 0 fully saturated rings. The molecule has 0 spiro atoms. The molecule has 4 nitrogen and oxygen atoms in total. The molecule has 0 aliphatic carbocycles. The highest BCUT2D eigenvalue weighted by atomic mass is 16.3.